The number of rotatable bonds is 5. The van der Waals surface area contributed by atoms with E-state index in [1.54, 1.807) is 13.8 Å². The lowest BCUT2D eigenvalue weighted by Gasteiger charge is -2.19. The summed E-state index contributed by atoms with van der Waals surface area (Å²) in [5.74, 6) is 0. The van der Waals surface area contributed by atoms with Crippen molar-refractivity contribution in [3.8, 4) is 0 Å². The van der Waals surface area contributed by atoms with E-state index in [0.29, 0.717) is 0 Å². The molecule has 0 aromatic heterocycles. The van der Waals surface area contributed by atoms with Crippen molar-refractivity contribution in [2.75, 3.05) is 13.7 Å². The van der Waals surface area contributed by atoms with Gasteiger partial charge < -0.3 is 10.1 Å². The minimum absolute atomic E-state index is 0.0379. The Labute approximate surface area is 76.5 Å². The standard InChI is InChI=1S/C8H16F3NO/c1-6(2)13-5-7(12-3)4-8(9,10)11/h6-7,12H,4-5H2,1-3H3. The smallest absolute Gasteiger partial charge is 0.377 e. The predicted octanol–water partition coefficient (Wildman–Crippen LogP) is 1.95. The topological polar surface area (TPSA) is 21.3 Å². The molecule has 0 bridgehead atoms. The fourth-order valence-corrected chi connectivity index (χ4v) is 0.832. The van der Waals surface area contributed by atoms with Gasteiger partial charge in [0.05, 0.1) is 19.1 Å². The van der Waals surface area contributed by atoms with E-state index in [-0.39, 0.29) is 12.7 Å². The quantitative estimate of drug-likeness (QED) is 0.730. The number of halogens is 3. The highest BCUT2D eigenvalue weighted by Crippen LogP contribution is 2.21. The Balaban J connectivity index is 3.76. The second-order valence-corrected chi connectivity index (χ2v) is 3.19. The minimum atomic E-state index is -4.13. The van der Waals surface area contributed by atoms with Crippen LogP contribution < -0.4 is 5.32 Å². The van der Waals surface area contributed by atoms with E-state index >= 15 is 0 Å². The van der Waals surface area contributed by atoms with Crippen LogP contribution in [0.4, 0.5) is 13.2 Å². The third-order valence-corrected chi connectivity index (χ3v) is 1.52. The van der Waals surface area contributed by atoms with Crippen molar-refractivity contribution in [1.29, 1.82) is 0 Å². The highest BCUT2D eigenvalue weighted by atomic mass is 19.4. The number of hydrogen-bond donors (Lipinski definition) is 1. The van der Waals surface area contributed by atoms with Gasteiger partial charge in [0, 0.05) is 6.04 Å². The lowest BCUT2D eigenvalue weighted by molar-refractivity contribution is -0.144. The molecular formula is C8H16F3NO. The summed E-state index contributed by atoms with van der Waals surface area (Å²) in [6.45, 7) is 3.67. The summed E-state index contributed by atoms with van der Waals surface area (Å²) in [5.41, 5.74) is 0. The molecule has 0 aromatic rings. The van der Waals surface area contributed by atoms with E-state index < -0.39 is 18.6 Å². The Bertz CT molecular complexity index is 136. The molecule has 5 heteroatoms. The lowest BCUT2D eigenvalue weighted by Crippen LogP contribution is -2.35. The molecular weight excluding hydrogens is 183 g/mol. The predicted molar refractivity (Wildman–Crippen MR) is 44.6 cm³/mol. The lowest BCUT2D eigenvalue weighted by atomic mass is 10.2. The Morgan fingerprint density at radius 2 is 1.85 bits per heavy atom. The van der Waals surface area contributed by atoms with Gasteiger partial charge in [-0.3, -0.25) is 0 Å². The van der Waals surface area contributed by atoms with Crippen molar-refractivity contribution in [3.63, 3.8) is 0 Å². The molecule has 0 saturated carbocycles. The normalized spacial score (nSPS) is 15.0. The van der Waals surface area contributed by atoms with Gasteiger partial charge in [0.1, 0.15) is 0 Å². The van der Waals surface area contributed by atoms with Crippen LogP contribution >= 0.6 is 0 Å². The molecule has 0 amide bonds. The zero-order valence-corrected chi connectivity index (χ0v) is 8.11. The van der Waals surface area contributed by atoms with Crippen molar-refractivity contribution in [3.05, 3.63) is 0 Å². The van der Waals surface area contributed by atoms with Gasteiger partial charge in [-0.05, 0) is 20.9 Å². The van der Waals surface area contributed by atoms with E-state index in [4.69, 9.17) is 4.74 Å². The third-order valence-electron chi connectivity index (χ3n) is 1.52. The summed E-state index contributed by atoms with van der Waals surface area (Å²) in [6.07, 6.45) is -5.02. The fraction of sp³-hybridized carbons (Fsp3) is 1.00. The maximum Gasteiger partial charge on any atom is 0.390 e. The van der Waals surface area contributed by atoms with Crippen LogP contribution in [0.5, 0.6) is 0 Å². The highest BCUT2D eigenvalue weighted by Gasteiger charge is 2.31. The molecule has 0 spiro atoms. The van der Waals surface area contributed by atoms with Crippen LogP contribution in [0.3, 0.4) is 0 Å². The van der Waals surface area contributed by atoms with Gasteiger partial charge >= 0.3 is 6.18 Å². The van der Waals surface area contributed by atoms with E-state index in [1.165, 1.54) is 7.05 Å². The van der Waals surface area contributed by atoms with Crippen molar-refractivity contribution in [1.82, 2.24) is 5.32 Å². The first-order chi connectivity index (χ1) is 5.85. The Hall–Kier alpha value is -0.290. The zero-order valence-electron chi connectivity index (χ0n) is 8.11. The maximum absolute atomic E-state index is 11.9. The Morgan fingerprint density at radius 3 is 2.15 bits per heavy atom. The number of hydrogen-bond acceptors (Lipinski definition) is 2. The van der Waals surface area contributed by atoms with E-state index in [0.717, 1.165) is 0 Å². The van der Waals surface area contributed by atoms with Crippen LogP contribution in [-0.2, 0) is 4.74 Å². The van der Waals surface area contributed by atoms with Crippen LogP contribution in [-0.4, -0.2) is 32.0 Å². The summed E-state index contributed by atoms with van der Waals surface area (Å²) < 4.78 is 40.8. The van der Waals surface area contributed by atoms with Crippen molar-refractivity contribution in [2.45, 2.75) is 38.6 Å². The highest BCUT2D eigenvalue weighted by molar-refractivity contribution is 4.68. The molecule has 0 heterocycles. The molecule has 0 aliphatic carbocycles. The van der Waals surface area contributed by atoms with Gasteiger partial charge in [0.15, 0.2) is 0 Å². The summed E-state index contributed by atoms with van der Waals surface area (Å²) >= 11 is 0. The molecule has 13 heavy (non-hydrogen) atoms. The van der Waals surface area contributed by atoms with Crippen molar-refractivity contribution >= 4 is 0 Å². The molecule has 0 aliphatic heterocycles. The maximum atomic E-state index is 11.9. The molecule has 0 fully saturated rings. The number of ether oxygens (including phenoxy) is 1. The molecule has 0 rings (SSSR count). The summed E-state index contributed by atoms with van der Waals surface area (Å²) in [4.78, 5) is 0. The second-order valence-electron chi connectivity index (χ2n) is 3.19. The van der Waals surface area contributed by atoms with Crippen molar-refractivity contribution < 1.29 is 17.9 Å². The van der Waals surface area contributed by atoms with E-state index in [1.807, 2.05) is 0 Å². The fourth-order valence-electron chi connectivity index (χ4n) is 0.832. The van der Waals surface area contributed by atoms with E-state index in [9.17, 15) is 13.2 Å². The summed E-state index contributed by atoms with van der Waals surface area (Å²) in [7, 11) is 1.50. The Morgan fingerprint density at radius 1 is 1.31 bits per heavy atom. The minimum Gasteiger partial charge on any atom is -0.377 e. The monoisotopic (exact) mass is 199 g/mol. The first kappa shape index (κ1) is 12.7. The van der Waals surface area contributed by atoms with Crippen molar-refractivity contribution in [2.24, 2.45) is 0 Å². The van der Waals surface area contributed by atoms with Crippen LogP contribution in [0.25, 0.3) is 0 Å². The van der Waals surface area contributed by atoms with Gasteiger partial charge in [0.2, 0.25) is 0 Å². The molecule has 0 aliphatic rings. The third kappa shape index (κ3) is 8.05. The van der Waals surface area contributed by atoms with Gasteiger partial charge in [-0.2, -0.15) is 13.2 Å². The number of nitrogens with one attached hydrogen (secondary N) is 1. The first-order valence-corrected chi connectivity index (χ1v) is 4.20. The Kier molecular flexibility index (Phi) is 5.32. The van der Waals surface area contributed by atoms with Gasteiger partial charge in [-0.15, -0.1) is 0 Å². The second kappa shape index (κ2) is 5.44. The number of likely N-dealkylation sites (N-methyl/N-ethyl adjacent to an activating group) is 1. The van der Waals surface area contributed by atoms with Gasteiger partial charge in [-0.1, -0.05) is 0 Å². The molecule has 1 unspecified atom stereocenters. The molecule has 80 valence electrons. The molecule has 0 radical (unpaired) electrons. The average Bonchev–Trinajstić information content (AvgIpc) is 1.95. The molecule has 2 nitrogen and oxygen atoms in total. The van der Waals surface area contributed by atoms with Crippen LogP contribution in [0, 0.1) is 0 Å². The van der Waals surface area contributed by atoms with Crippen LogP contribution in [0.15, 0.2) is 0 Å². The van der Waals surface area contributed by atoms with Gasteiger partial charge in [-0.25, -0.2) is 0 Å². The molecule has 0 aromatic carbocycles. The van der Waals surface area contributed by atoms with E-state index in [2.05, 4.69) is 5.32 Å². The molecule has 1 N–H and O–H groups in total. The summed E-state index contributed by atoms with van der Waals surface area (Å²) in [6, 6.07) is -0.651. The molecule has 1 atom stereocenters. The van der Waals surface area contributed by atoms with Crippen LogP contribution in [0.2, 0.25) is 0 Å². The number of alkyl halides is 3. The zero-order chi connectivity index (χ0) is 10.5. The first-order valence-electron chi connectivity index (χ1n) is 4.20. The average molecular weight is 199 g/mol. The largest absolute Gasteiger partial charge is 0.390 e. The SMILES string of the molecule is CNC(COC(C)C)CC(F)(F)F. The molecule has 0 saturated heterocycles. The summed E-state index contributed by atoms with van der Waals surface area (Å²) in [5, 5.41) is 2.57. The van der Waals surface area contributed by atoms with Gasteiger partial charge in [0.25, 0.3) is 0 Å². The van der Waals surface area contributed by atoms with Crippen LogP contribution in [0.1, 0.15) is 20.3 Å².